The second kappa shape index (κ2) is 6.12. The van der Waals surface area contributed by atoms with Gasteiger partial charge in [-0.3, -0.25) is 0 Å². The van der Waals surface area contributed by atoms with Gasteiger partial charge in [0.25, 0.3) is 0 Å². The second-order valence-electron chi connectivity index (χ2n) is 4.49. The fourth-order valence-electron chi connectivity index (χ4n) is 1.91. The third kappa shape index (κ3) is 2.93. The van der Waals surface area contributed by atoms with Crippen molar-refractivity contribution in [2.24, 2.45) is 5.84 Å². The molecule has 104 valence electrons. The zero-order chi connectivity index (χ0) is 13.8. The third-order valence-corrected chi connectivity index (χ3v) is 3.88. The minimum Gasteiger partial charge on any atom is -0.354 e. The van der Waals surface area contributed by atoms with Crippen molar-refractivity contribution in [3.05, 3.63) is 18.6 Å². The largest absolute Gasteiger partial charge is 0.354 e. The van der Waals surface area contributed by atoms with Crippen LogP contribution in [0, 0.1) is 0 Å². The first kappa shape index (κ1) is 14.0. The van der Waals surface area contributed by atoms with Gasteiger partial charge >= 0.3 is 0 Å². The molecule has 7 heteroatoms. The van der Waals surface area contributed by atoms with Gasteiger partial charge in [0.2, 0.25) is 0 Å². The van der Waals surface area contributed by atoms with Crippen molar-refractivity contribution in [1.29, 1.82) is 0 Å². The van der Waals surface area contributed by atoms with Gasteiger partial charge in [-0.1, -0.05) is 0 Å². The zero-order valence-electron chi connectivity index (χ0n) is 11.5. The molecule has 0 radical (unpaired) electrons. The van der Waals surface area contributed by atoms with E-state index in [1.807, 2.05) is 35.6 Å². The molecule has 1 atom stereocenters. The molecule has 3 N–H and O–H groups in total. The van der Waals surface area contributed by atoms with Gasteiger partial charge in [0.15, 0.2) is 17.3 Å². The van der Waals surface area contributed by atoms with E-state index >= 15 is 0 Å². The Hall–Kier alpha value is -1.47. The lowest BCUT2D eigenvalue weighted by molar-refractivity contribution is 0.662. The summed E-state index contributed by atoms with van der Waals surface area (Å²) in [5, 5.41) is 0. The van der Waals surface area contributed by atoms with Gasteiger partial charge in [-0.15, -0.1) is 0 Å². The number of nitrogens with two attached hydrogens (primary N) is 1. The minimum absolute atomic E-state index is 0.397. The number of nitrogen functional groups attached to an aromatic ring is 1. The van der Waals surface area contributed by atoms with E-state index in [1.54, 1.807) is 6.20 Å². The van der Waals surface area contributed by atoms with E-state index in [0.29, 0.717) is 11.9 Å². The molecule has 2 aromatic heterocycles. The molecular weight excluding hydrogens is 260 g/mol. The average Bonchev–Trinajstić information content (AvgIpc) is 2.90. The molecule has 0 saturated heterocycles. The molecule has 0 spiro atoms. The standard InChI is InChI=1S/C12H20N6S/c1-9(4-7-19-3)17(2)12-11-14-5-6-18(11)8-10(15-12)16-13/h5-6,8-9,16H,4,7,13H2,1-3H3. The number of imidazole rings is 1. The Bertz CT molecular complexity index is 540. The van der Waals surface area contributed by atoms with Gasteiger partial charge in [0.05, 0.1) is 6.20 Å². The van der Waals surface area contributed by atoms with Crippen molar-refractivity contribution in [1.82, 2.24) is 14.4 Å². The normalized spacial score (nSPS) is 12.6. The summed E-state index contributed by atoms with van der Waals surface area (Å²) in [5.41, 5.74) is 3.44. The quantitative estimate of drug-likeness (QED) is 0.618. The smallest absolute Gasteiger partial charge is 0.180 e. The Labute approximate surface area is 117 Å². The zero-order valence-corrected chi connectivity index (χ0v) is 12.3. The molecule has 2 aromatic rings. The number of hydrazine groups is 1. The molecule has 0 amide bonds. The molecule has 6 nitrogen and oxygen atoms in total. The summed E-state index contributed by atoms with van der Waals surface area (Å²) in [6, 6.07) is 0.397. The van der Waals surface area contributed by atoms with Crippen molar-refractivity contribution in [2.75, 3.05) is 29.4 Å². The van der Waals surface area contributed by atoms with Crippen LogP contribution in [0.3, 0.4) is 0 Å². The summed E-state index contributed by atoms with van der Waals surface area (Å²) < 4.78 is 1.93. The molecular formula is C12H20N6S. The van der Waals surface area contributed by atoms with Gasteiger partial charge < -0.3 is 14.7 Å². The molecule has 0 aliphatic carbocycles. The Morgan fingerprint density at radius 3 is 3.05 bits per heavy atom. The Balaban J connectivity index is 2.34. The molecule has 0 saturated carbocycles. The molecule has 2 heterocycles. The minimum atomic E-state index is 0.397. The molecule has 0 fully saturated rings. The Morgan fingerprint density at radius 1 is 1.58 bits per heavy atom. The van der Waals surface area contributed by atoms with Crippen LogP contribution in [0.5, 0.6) is 0 Å². The van der Waals surface area contributed by atoms with Gasteiger partial charge in [-0.2, -0.15) is 11.8 Å². The number of hydrogen-bond donors (Lipinski definition) is 2. The first-order valence-electron chi connectivity index (χ1n) is 6.19. The van der Waals surface area contributed by atoms with E-state index in [1.165, 1.54) is 0 Å². The van der Waals surface area contributed by atoms with Crippen LogP contribution in [-0.4, -0.2) is 39.5 Å². The van der Waals surface area contributed by atoms with Crippen molar-refractivity contribution >= 4 is 29.0 Å². The Morgan fingerprint density at radius 2 is 2.37 bits per heavy atom. The molecule has 0 aromatic carbocycles. The number of thioether (sulfide) groups is 1. The van der Waals surface area contributed by atoms with Crippen LogP contribution in [0.2, 0.25) is 0 Å². The van der Waals surface area contributed by atoms with Crippen molar-refractivity contribution in [3.8, 4) is 0 Å². The number of aromatic nitrogens is 3. The van der Waals surface area contributed by atoms with E-state index in [4.69, 9.17) is 5.84 Å². The first-order valence-corrected chi connectivity index (χ1v) is 7.59. The maximum Gasteiger partial charge on any atom is 0.180 e. The summed E-state index contributed by atoms with van der Waals surface area (Å²) in [4.78, 5) is 11.0. The molecule has 0 aliphatic rings. The maximum atomic E-state index is 5.47. The number of hydrogen-bond acceptors (Lipinski definition) is 6. The lowest BCUT2D eigenvalue weighted by Crippen LogP contribution is -2.31. The number of fused-ring (bicyclic) bond motifs is 1. The summed E-state index contributed by atoms with van der Waals surface area (Å²) in [5.74, 6) is 8.07. The van der Waals surface area contributed by atoms with E-state index in [-0.39, 0.29) is 0 Å². The molecule has 0 aliphatic heterocycles. The highest BCUT2D eigenvalue weighted by molar-refractivity contribution is 7.98. The van der Waals surface area contributed by atoms with E-state index in [0.717, 1.165) is 23.6 Å². The lowest BCUT2D eigenvalue weighted by atomic mass is 10.2. The predicted molar refractivity (Wildman–Crippen MR) is 81.7 cm³/mol. The van der Waals surface area contributed by atoms with Crippen LogP contribution < -0.4 is 16.2 Å². The summed E-state index contributed by atoms with van der Waals surface area (Å²) in [7, 11) is 2.04. The first-order chi connectivity index (χ1) is 9.17. The van der Waals surface area contributed by atoms with Crippen LogP contribution in [0.4, 0.5) is 11.6 Å². The Kier molecular flexibility index (Phi) is 4.49. The summed E-state index contributed by atoms with van der Waals surface area (Å²) in [6.07, 6.45) is 8.71. The summed E-state index contributed by atoms with van der Waals surface area (Å²) >= 11 is 1.86. The highest BCUT2D eigenvalue weighted by atomic mass is 32.2. The van der Waals surface area contributed by atoms with Crippen LogP contribution in [0.1, 0.15) is 13.3 Å². The van der Waals surface area contributed by atoms with Crippen LogP contribution in [0.25, 0.3) is 5.65 Å². The van der Waals surface area contributed by atoms with Crippen molar-refractivity contribution in [3.63, 3.8) is 0 Å². The van der Waals surface area contributed by atoms with Crippen LogP contribution in [-0.2, 0) is 0 Å². The SMILES string of the molecule is CSCCC(C)N(C)c1nc(NN)cn2ccnc12. The predicted octanol–water partition coefficient (Wildman–Crippen LogP) is 1.59. The lowest BCUT2D eigenvalue weighted by Gasteiger charge is -2.26. The summed E-state index contributed by atoms with van der Waals surface area (Å²) in [6.45, 7) is 2.19. The fourth-order valence-corrected chi connectivity index (χ4v) is 2.49. The highest BCUT2D eigenvalue weighted by Gasteiger charge is 2.16. The highest BCUT2D eigenvalue weighted by Crippen LogP contribution is 2.22. The monoisotopic (exact) mass is 280 g/mol. The molecule has 0 bridgehead atoms. The molecule has 19 heavy (non-hydrogen) atoms. The maximum absolute atomic E-state index is 5.47. The van der Waals surface area contributed by atoms with E-state index in [9.17, 15) is 0 Å². The van der Waals surface area contributed by atoms with Crippen molar-refractivity contribution < 1.29 is 0 Å². The van der Waals surface area contributed by atoms with Gasteiger partial charge in [0, 0.05) is 25.5 Å². The average molecular weight is 280 g/mol. The fraction of sp³-hybridized carbons (Fsp3) is 0.500. The molecule has 2 rings (SSSR count). The third-order valence-electron chi connectivity index (χ3n) is 3.24. The molecule has 1 unspecified atom stereocenters. The van der Waals surface area contributed by atoms with Gasteiger partial charge in [-0.25, -0.2) is 15.8 Å². The van der Waals surface area contributed by atoms with Gasteiger partial charge in [0.1, 0.15) is 0 Å². The van der Waals surface area contributed by atoms with E-state index < -0.39 is 0 Å². The van der Waals surface area contributed by atoms with Crippen LogP contribution >= 0.6 is 11.8 Å². The topological polar surface area (TPSA) is 71.5 Å². The van der Waals surface area contributed by atoms with Gasteiger partial charge in [-0.05, 0) is 25.4 Å². The van der Waals surface area contributed by atoms with E-state index in [2.05, 4.69) is 33.5 Å². The van der Waals surface area contributed by atoms with Crippen LogP contribution in [0.15, 0.2) is 18.6 Å². The number of anilines is 2. The number of rotatable bonds is 6. The number of nitrogens with zero attached hydrogens (tertiary/aromatic N) is 4. The van der Waals surface area contributed by atoms with Crippen molar-refractivity contribution in [2.45, 2.75) is 19.4 Å². The second-order valence-corrected chi connectivity index (χ2v) is 5.48. The number of nitrogens with one attached hydrogen (secondary N) is 1.